The monoisotopic (exact) mass is 479 g/mol. The molecule has 3 heterocycles. The summed E-state index contributed by atoms with van der Waals surface area (Å²) in [5.41, 5.74) is 4.75. The minimum Gasteiger partial charge on any atom is -0.472 e. The van der Waals surface area contributed by atoms with Gasteiger partial charge in [-0.15, -0.1) is 11.3 Å². The number of pyridine rings is 1. The molecule has 7 nitrogen and oxygen atoms in total. The van der Waals surface area contributed by atoms with E-state index >= 15 is 0 Å². The highest BCUT2D eigenvalue weighted by Gasteiger charge is 2.18. The Hall–Kier alpha value is -3.58. The Balaban J connectivity index is 0.000000709. The third-order valence-electron chi connectivity index (χ3n) is 4.56. The third-order valence-corrected chi connectivity index (χ3v) is 6.14. The summed E-state index contributed by atoms with van der Waals surface area (Å²) in [4.78, 5) is 15.6. The normalized spacial score (nSPS) is 10.0. The highest BCUT2D eigenvalue weighted by Crippen LogP contribution is 2.35. The molecular weight excluding hydrogens is 458 g/mol. The van der Waals surface area contributed by atoms with Gasteiger partial charge in [-0.3, -0.25) is 9.93 Å². The second kappa shape index (κ2) is 11.9. The van der Waals surface area contributed by atoms with E-state index in [1.807, 2.05) is 54.8 Å². The number of ether oxygens (including phenoxy) is 2. The zero-order valence-electron chi connectivity index (χ0n) is 18.0. The molecule has 0 bridgehead atoms. The predicted molar refractivity (Wildman–Crippen MR) is 129 cm³/mol. The maximum Gasteiger partial charge on any atom is 0.292 e. The van der Waals surface area contributed by atoms with Crippen LogP contribution in [0.3, 0.4) is 0 Å². The van der Waals surface area contributed by atoms with Crippen LogP contribution >= 0.6 is 23.3 Å². The van der Waals surface area contributed by atoms with Crippen molar-refractivity contribution in [2.45, 2.75) is 18.4 Å². The number of nitrogens with two attached hydrogens (primary N) is 1. The molecule has 0 aliphatic rings. The molecule has 33 heavy (non-hydrogen) atoms. The molecule has 0 fully saturated rings. The van der Waals surface area contributed by atoms with Gasteiger partial charge in [-0.1, -0.05) is 18.2 Å². The standard InChI is InChI=1S/C22H17N3O2S2.C2H4O2/c1-14-4-5-15(9-21(14)29-24)12-27-22-18(11-23)17(16-6-7-26-13-16)10-19(25-22)20-3-2-8-28-20;1-4-2-3/h2-10,13H,12,24H2,1H3;2H,1H3. The van der Waals surface area contributed by atoms with Gasteiger partial charge >= 0.3 is 0 Å². The number of nitriles is 1. The third kappa shape index (κ3) is 6.02. The molecule has 0 aliphatic carbocycles. The molecule has 0 saturated carbocycles. The number of rotatable bonds is 7. The number of hydrogen-bond donors (Lipinski definition) is 1. The second-order valence-electron chi connectivity index (χ2n) is 6.67. The number of carbonyl (C=O) groups excluding carboxylic acids is 1. The molecule has 4 rings (SSSR count). The van der Waals surface area contributed by atoms with Crippen LogP contribution in [0.15, 0.2) is 69.7 Å². The van der Waals surface area contributed by atoms with Crippen LogP contribution in [0.2, 0.25) is 0 Å². The molecule has 0 atom stereocenters. The van der Waals surface area contributed by atoms with E-state index in [4.69, 9.17) is 19.1 Å². The van der Waals surface area contributed by atoms with Gasteiger partial charge in [-0.25, -0.2) is 4.98 Å². The first kappa shape index (κ1) is 24.1. The van der Waals surface area contributed by atoms with Crippen LogP contribution < -0.4 is 9.88 Å². The second-order valence-corrected chi connectivity index (χ2v) is 8.30. The van der Waals surface area contributed by atoms with E-state index in [-0.39, 0.29) is 6.61 Å². The maximum absolute atomic E-state index is 9.82. The molecule has 0 radical (unpaired) electrons. The smallest absolute Gasteiger partial charge is 0.292 e. The summed E-state index contributed by atoms with van der Waals surface area (Å²) in [7, 11) is 1.31. The fourth-order valence-corrected chi connectivity index (χ4v) is 4.10. The summed E-state index contributed by atoms with van der Waals surface area (Å²) in [5, 5.41) is 17.5. The van der Waals surface area contributed by atoms with E-state index in [0.29, 0.717) is 17.9 Å². The zero-order chi connectivity index (χ0) is 23.6. The summed E-state index contributed by atoms with van der Waals surface area (Å²) in [6, 6.07) is 15.9. The van der Waals surface area contributed by atoms with Crippen molar-refractivity contribution in [3.05, 3.63) is 77.1 Å². The van der Waals surface area contributed by atoms with Gasteiger partial charge in [0.15, 0.2) is 0 Å². The van der Waals surface area contributed by atoms with E-state index in [0.717, 1.165) is 37.7 Å². The van der Waals surface area contributed by atoms with E-state index in [1.54, 1.807) is 23.9 Å². The number of benzene rings is 1. The lowest BCUT2D eigenvalue weighted by Crippen LogP contribution is -2.02. The predicted octanol–water partition coefficient (Wildman–Crippen LogP) is 5.58. The fourth-order valence-electron chi connectivity index (χ4n) is 2.94. The molecule has 0 amide bonds. The van der Waals surface area contributed by atoms with Crippen molar-refractivity contribution in [1.82, 2.24) is 4.98 Å². The lowest BCUT2D eigenvalue weighted by Gasteiger charge is -2.13. The van der Waals surface area contributed by atoms with Crippen molar-refractivity contribution in [1.29, 1.82) is 5.26 Å². The van der Waals surface area contributed by atoms with Crippen molar-refractivity contribution < 1.29 is 18.7 Å². The Labute approximate surface area is 199 Å². The first-order chi connectivity index (χ1) is 16.1. The Morgan fingerprint density at radius 1 is 1.30 bits per heavy atom. The lowest BCUT2D eigenvalue weighted by molar-refractivity contribution is -0.126. The Bertz CT molecular complexity index is 1230. The van der Waals surface area contributed by atoms with Crippen LogP contribution in [-0.4, -0.2) is 18.6 Å². The van der Waals surface area contributed by atoms with Crippen LogP contribution in [0.4, 0.5) is 0 Å². The van der Waals surface area contributed by atoms with Gasteiger partial charge in [0.05, 0.1) is 30.2 Å². The van der Waals surface area contributed by atoms with Crippen molar-refractivity contribution in [2.75, 3.05) is 7.11 Å². The number of furan rings is 1. The van der Waals surface area contributed by atoms with Crippen LogP contribution in [0.5, 0.6) is 5.88 Å². The highest BCUT2D eigenvalue weighted by atomic mass is 32.2. The van der Waals surface area contributed by atoms with E-state index in [2.05, 4.69) is 15.8 Å². The van der Waals surface area contributed by atoms with Gasteiger partial charge in [0.25, 0.3) is 6.47 Å². The average molecular weight is 480 g/mol. The topological polar surface area (TPSA) is 111 Å². The first-order valence-electron chi connectivity index (χ1n) is 9.68. The summed E-state index contributed by atoms with van der Waals surface area (Å²) in [6.07, 6.45) is 3.20. The number of aromatic nitrogens is 1. The van der Waals surface area contributed by atoms with Crippen molar-refractivity contribution in [3.63, 3.8) is 0 Å². The molecule has 0 spiro atoms. The van der Waals surface area contributed by atoms with Gasteiger partial charge in [-0.05, 0) is 59.6 Å². The molecular formula is C24H21N3O4S2. The van der Waals surface area contributed by atoms with E-state index in [9.17, 15) is 5.26 Å². The van der Waals surface area contributed by atoms with Crippen LogP contribution in [0.1, 0.15) is 16.7 Å². The minimum absolute atomic E-state index is 0.286. The SMILES string of the molecule is COC=O.Cc1ccc(COc2nc(-c3cccs3)cc(-c3ccoc3)c2C#N)cc1SN. The Morgan fingerprint density at radius 3 is 2.73 bits per heavy atom. The molecule has 0 aliphatic heterocycles. The minimum atomic E-state index is 0.286. The van der Waals surface area contributed by atoms with Gasteiger partial charge in [0.1, 0.15) is 18.2 Å². The van der Waals surface area contributed by atoms with Gasteiger partial charge in [0, 0.05) is 16.0 Å². The molecule has 0 unspecified atom stereocenters. The van der Waals surface area contributed by atoms with E-state index in [1.165, 1.54) is 19.1 Å². The molecule has 4 aromatic rings. The summed E-state index contributed by atoms with van der Waals surface area (Å²) in [6.45, 7) is 2.67. The molecule has 3 aromatic heterocycles. The number of aryl methyl sites for hydroxylation is 1. The number of hydrogen-bond acceptors (Lipinski definition) is 9. The van der Waals surface area contributed by atoms with Crippen LogP contribution in [0, 0.1) is 18.3 Å². The Morgan fingerprint density at radius 2 is 2.12 bits per heavy atom. The van der Waals surface area contributed by atoms with Gasteiger partial charge in [0.2, 0.25) is 5.88 Å². The molecule has 9 heteroatoms. The number of carbonyl (C=O) groups is 1. The summed E-state index contributed by atoms with van der Waals surface area (Å²) < 4.78 is 15.1. The van der Waals surface area contributed by atoms with Crippen LogP contribution in [-0.2, 0) is 16.1 Å². The zero-order valence-corrected chi connectivity index (χ0v) is 19.6. The van der Waals surface area contributed by atoms with Crippen LogP contribution in [0.25, 0.3) is 21.7 Å². The van der Waals surface area contributed by atoms with Crippen molar-refractivity contribution in [2.24, 2.45) is 5.14 Å². The number of methoxy groups -OCH3 is 1. The first-order valence-corrected chi connectivity index (χ1v) is 11.4. The fraction of sp³-hybridized carbons (Fsp3) is 0.125. The highest BCUT2D eigenvalue weighted by molar-refractivity contribution is 7.97. The summed E-state index contributed by atoms with van der Waals surface area (Å²) in [5.74, 6) is 0.303. The lowest BCUT2D eigenvalue weighted by atomic mass is 10.0. The van der Waals surface area contributed by atoms with Crippen molar-refractivity contribution in [3.8, 4) is 33.6 Å². The molecule has 2 N–H and O–H groups in total. The van der Waals surface area contributed by atoms with Gasteiger partial charge < -0.3 is 13.9 Å². The van der Waals surface area contributed by atoms with Crippen molar-refractivity contribution >= 4 is 29.8 Å². The number of nitrogens with zero attached hydrogens (tertiary/aromatic N) is 2. The van der Waals surface area contributed by atoms with Gasteiger partial charge in [-0.2, -0.15) is 5.26 Å². The molecule has 168 valence electrons. The average Bonchev–Trinajstić information content (AvgIpc) is 3.58. The maximum atomic E-state index is 9.82. The quantitative estimate of drug-likeness (QED) is 0.270. The largest absolute Gasteiger partial charge is 0.472 e. The number of thiophene rings is 1. The van der Waals surface area contributed by atoms with E-state index < -0.39 is 0 Å². The Kier molecular flexibility index (Phi) is 8.66. The molecule has 0 saturated heterocycles. The molecule has 1 aromatic carbocycles. The summed E-state index contributed by atoms with van der Waals surface area (Å²) >= 11 is 2.79.